The van der Waals surface area contributed by atoms with E-state index in [9.17, 15) is 4.79 Å². The van der Waals surface area contributed by atoms with Crippen molar-refractivity contribution in [3.05, 3.63) is 66.2 Å². The molecule has 0 aromatic heterocycles. The van der Waals surface area contributed by atoms with Crippen molar-refractivity contribution in [3.8, 4) is 5.75 Å². The summed E-state index contributed by atoms with van der Waals surface area (Å²) in [7, 11) is 3.50. The summed E-state index contributed by atoms with van der Waals surface area (Å²) in [6.45, 7) is 0.957. The molecule has 3 heteroatoms. The first kappa shape index (κ1) is 21.0. The van der Waals surface area contributed by atoms with Gasteiger partial charge in [-0.05, 0) is 42.9 Å². The zero-order valence-corrected chi connectivity index (χ0v) is 16.8. The van der Waals surface area contributed by atoms with E-state index in [4.69, 9.17) is 4.74 Å². The highest BCUT2D eigenvalue weighted by Gasteiger charge is 2.14. The topological polar surface area (TPSA) is 29.5 Å². The van der Waals surface area contributed by atoms with Crippen LogP contribution in [-0.4, -0.2) is 31.5 Å². The third-order valence-electron chi connectivity index (χ3n) is 5.16. The third-order valence-corrected chi connectivity index (χ3v) is 5.16. The molecule has 146 valence electrons. The smallest absolute Gasteiger partial charge is 0.222 e. The van der Waals surface area contributed by atoms with Crippen molar-refractivity contribution >= 4 is 5.91 Å². The molecule has 0 atom stereocenters. The van der Waals surface area contributed by atoms with Crippen molar-refractivity contribution in [2.45, 2.75) is 50.9 Å². The molecule has 1 aliphatic heterocycles. The summed E-state index contributed by atoms with van der Waals surface area (Å²) in [5, 5.41) is 0. The van der Waals surface area contributed by atoms with E-state index in [1.165, 1.54) is 32.1 Å². The van der Waals surface area contributed by atoms with Gasteiger partial charge in [-0.2, -0.15) is 0 Å². The lowest BCUT2D eigenvalue weighted by atomic mass is 9.84. The first-order valence-corrected chi connectivity index (χ1v) is 10.1. The van der Waals surface area contributed by atoms with E-state index in [1.54, 1.807) is 17.6 Å². The highest BCUT2D eigenvalue weighted by Crippen LogP contribution is 2.32. The van der Waals surface area contributed by atoms with Gasteiger partial charge in [-0.15, -0.1) is 0 Å². The summed E-state index contributed by atoms with van der Waals surface area (Å²) >= 11 is 0. The van der Waals surface area contributed by atoms with Crippen LogP contribution in [-0.2, 0) is 4.79 Å². The molecule has 1 amide bonds. The van der Waals surface area contributed by atoms with Crippen LogP contribution in [0, 0.1) is 0 Å². The molecule has 0 N–H and O–H groups in total. The Kier molecular flexibility index (Phi) is 9.47. The van der Waals surface area contributed by atoms with Gasteiger partial charge in [0.2, 0.25) is 5.91 Å². The summed E-state index contributed by atoms with van der Waals surface area (Å²) in [6, 6.07) is 20.6. The van der Waals surface area contributed by atoms with Crippen molar-refractivity contribution in [2.75, 3.05) is 20.7 Å². The molecule has 1 saturated carbocycles. The van der Waals surface area contributed by atoms with E-state index in [0.29, 0.717) is 5.91 Å². The second-order valence-corrected chi connectivity index (χ2v) is 7.18. The van der Waals surface area contributed by atoms with Crippen LogP contribution in [0.2, 0.25) is 0 Å². The summed E-state index contributed by atoms with van der Waals surface area (Å²) in [5.74, 6) is 2.06. The third kappa shape index (κ3) is 7.86. The predicted molar refractivity (Wildman–Crippen MR) is 112 cm³/mol. The van der Waals surface area contributed by atoms with Gasteiger partial charge in [0.25, 0.3) is 0 Å². The van der Waals surface area contributed by atoms with E-state index in [2.05, 4.69) is 30.3 Å². The maximum absolute atomic E-state index is 10.5. The summed E-state index contributed by atoms with van der Waals surface area (Å²) in [5.41, 5.74) is 1.55. The fourth-order valence-corrected chi connectivity index (χ4v) is 3.50. The summed E-state index contributed by atoms with van der Waals surface area (Å²) in [6.07, 6.45) is 8.93. The van der Waals surface area contributed by atoms with Crippen molar-refractivity contribution in [1.29, 1.82) is 0 Å². The van der Waals surface area contributed by atoms with E-state index >= 15 is 0 Å². The molecule has 2 aromatic carbocycles. The van der Waals surface area contributed by atoms with Gasteiger partial charge in [-0.25, -0.2) is 0 Å². The SMILES string of the molecule is CN1CCCC1=O.COc1ccccc1.c1ccc(C2CCCCC2)cc1. The minimum Gasteiger partial charge on any atom is -0.497 e. The number of likely N-dealkylation sites (tertiary alicyclic amines) is 1. The second kappa shape index (κ2) is 12.2. The van der Waals surface area contributed by atoms with Gasteiger partial charge in [0.1, 0.15) is 5.75 Å². The average Bonchev–Trinajstić information content (AvgIpc) is 3.13. The van der Waals surface area contributed by atoms with Crippen molar-refractivity contribution in [3.63, 3.8) is 0 Å². The number of hydrogen-bond donors (Lipinski definition) is 0. The standard InChI is InChI=1S/C12H16.C7H8O.C5H9NO/c1-3-7-11(8-4-1)12-9-5-2-6-10-12;1-8-7-5-3-2-4-6-7;1-6-4-2-3-5(6)7/h1,3-4,7-8,12H,2,5-6,9-10H2;2-6H,1H3;2-4H2,1H3. The molecule has 1 saturated heterocycles. The van der Waals surface area contributed by atoms with E-state index in [1.807, 2.05) is 37.4 Å². The largest absolute Gasteiger partial charge is 0.497 e. The molecular formula is C24H33NO2. The van der Waals surface area contributed by atoms with Crippen LogP contribution in [0.15, 0.2) is 60.7 Å². The quantitative estimate of drug-likeness (QED) is 0.684. The van der Waals surface area contributed by atoms with Crippen LogP contribution < -0.4 is 4.74 Å². The molecule has 2 fully saturated rings. The van der Waals surface area contributed by atoms with Gasteiger partial charge >= 0.3 is 0 Å². The Balaban J connectivity index is 0.000000153. The van der Waals surface area contributed by atoms with Crippen LogP contribution in [0.25, 0.3) is 0 Å². The highest BCUT2D eigenvalue weighted by atomic mass is 16.5. The van der Waals surface area contributed by atoms with Gasteiger partial charge in [0.15, 0.2) is 0 Å². The van der Waals surface area contributed by atoms with Crippen LogP contribution in [0.5, 0.6) is 5.75 Å². The monoisotopic (exact) mass is 367 g/mol. The zero-order valence-electron chi connectivity index (χ0n) is 16.8. The molecule has 0 unspecified atom stereocenters. The molecule has 2 aromatic rings. The first-order valence-electron chi connectivity index (χ1n) is 10.1. The van der Waals surface area contributed by atoms with E-state index < -0.39 is 0 Å². The number of carbonyl (C=O) groups is 1. The van der Waals surface area contributed by atoms with Gasteiger partial charge in [-0.3, -0.25) is 4.79 Å². The molecule has 27 heavy (non-hydrogen) atoms. The minimum absolute atomic E-state index is 0.292. The van der Waals surface area contributed by atoms with Crippen LogP contribution >= 0.6 is 0 Å². The Morgan fingerprint density at radius 1 is 0.852 bits per heavy atom. The second-order valence-electron chi connectivity index (χ2n) is 7.18. The Morgan fingerprint density at radius 2 is 1.44 bits per heavy atom. The predicted octanol–water partition coefficient (Wildman–Crippen LogP) is 5.67. The van der Waals surface area contributed by atoms with Crippen molar-refractivity contribution < 1.29 is 9.53 Å². The van der Waals surface area contributed by atoms with E-state index in [-0.39, 0.29) is 0 Å². The number of amides is 1. The number of rotatable bonds is 2. The minimum atomic E-state index is 0.292. The summed E-state index contributed by atoms with van der Waals surface area (Å²) < 4.78 is 4.91. The Bertz CT molecular complexity index is 636. The Labute approximate surface area is 164 Å². The normalized spacial score (nSPS) is 16.7. The van der Waals surface area contributed by atoms with Gasteiger partial charge in [-0.1, -0.05) is 67.8 Å². The number of nitrogens with zero attached hydrogens (tertiary/aromatic N) is 1. The number of para-hydroxylation sites is 1. The maximum atomic E-state index is 10.5. The van der Waals surface area contributed by atoms with Gasteiger partial charge < -0.3 is 9.64 Å². The average molecular weight is 368 g/mol. The number of methoxy groups -OCH3 is 1. The molecular weight excluding hydrogens is 334 g/mol. The number of hydrogen-bond acceptors (Lipinski definition) is 2. The molecule has 3 nitrogen and oxygen atoms in total. The Morgan fingerprint density at radius 3 is 1.85 bits per heavy atom. The van der Waals surface area contributed by atoms with Crippen molar-refractivity contribution in [2.24, 2.45) is 0 Å². The fraction of sp³-hybridized carbons (Fsp3) is 0.458. The van der Waals surface area contributed by atoms with Crippen LogP contribution in [0.4, 0.5) is 0 Å². The molecule has 4 rings (SSSR count). The molecule has 2 aliphatic rings. The zero-order chi connectivity index (χ0) is 19.3. The molecule has 0 bridgehead atoms. The molecule has 0 spiro atoms. The first-order chi connectivity index (χ1) is 13.2. The molecule has 0 radical (unpaired) electrons. The lowest BCUT2D eigenvalue weighted by Crippen LogP contribution is -2.17. The lowest BCUT2D eigenvalue weighted by Gasteiger charge is -2.21. The fourth-order valence-electron chi connectivity index (χ4n) is 3.50. The van der Waals surface area contributed by atoms with Crippen LogP contribution in [0.3, 0.4) is 0 Å². The maximum Gasteiger partial charge on any atom is 0.222 e. The molecule has 1 heterocycles. The van der Waals surface area contributed by atoms with Crippen LogP contribution in [0.1, 0.15) is 56.4 Å². The molecule has 1 aliphatic carbocycles. The van der Waals surface area contributed by atoms with Gasteiger partial charge in [0.05, 0.1) is 7.11 Å². The lowest BCUT2D eigenvalue weighted by molar-refractivity contribution is -0.126. The van der Waals surface area contributed by atoms with Gasteiger partial charge in [0, 0.05) is 20.0 Å². The summed E-state index contributed by atoms with van der Waals surface area (Å²) in [4.78, 5) is 12.3. The Hall–Kier alpha value is -2.29. The highest BCUT2D eigenvalue weighted by molar-refractivity contribution is 5.77. The van der Waals surface area contributed by atoms with E-state index in [0.717, 1.165) is 31.1 Å². The number of carbonyl (C=O) groups excluding carboxylic acids is 1. The number of benzene rings is 2. The number of ether oxygens (including phenoxy) is 1. The van der Waals surface area contributed by atoms with Crippen molar-refractivity contribution in [1.82, 2.24) is 4.90 Å².